The Morgan fingerprint density at radius 3 is 2.40 bits per heavy atom. The first-order valence-electron chi connectivity index (χ1n) is 6.09. The molecule has 2 heterocycles. The highest BCUT2D eigenvalue weighted by Crippen LogP contribution is 2.44. The van der Waals surface area contributed by atoms with Crippen molar-refractivity contribution < 1.29 is 0 Å². The molecule has 2 aromatic heterocycles. The third kappa shape index (κ3) is 2.06. The van der Waals surface area contributed by atoms with Crippen molar-refractivity contribution >= 4 is 75.4 Å². The number of rotatable bonds is 1. The Morgan fingerprint density at radius 1 is 0.750 bits per heavy atom. The van der Waals surface area contributed by atoms with Crippen molar-refractivity contribution in [3.05, 3.63) is 56.1 Å². The molecule has 2 aromatic carbocycles. The van der Waals surface area contributed by atoms with E-state index in [1.807, 2.05) is 0 Å². The van der Waals surface area contributed by atoms with Crippen LogP contribution in [0, 0.1) is 0 Å². The Balaban J connectivity index is 2.22. The maximum Gasteiger partial charge on any atom is 0.0711 e. The van der Waals surface area contributed by atoms with Crippen LogP contribution >= 0.6 is 54.5 Å². The summed E-state index contributed by atoms with van der Waals surface area (Å²) in [5.41, 5.74) is 1.35. The Labute approximate surface area is 141 Å². The molecule has 0 amide bonds. The molecule has 4 heteroatoms. The summed E-state index contributed by atoms with van der Waals surface area (Å²) in [5, 5.41) is 3.92. The zero-order valence-corrected chi connectivity index (χ0v) is 15.0. The van der Waals surface area contributed by atoms with Crippen LogP contribution in [0.5, 0.6) is 0 Å². The molecule has 0 spiro atoms. The van der Waals surface area contributed by atoms with E-state index < -0.39 is 0 Å². The van der Waals surface area contributed by atoms with Gasteiger partial charge in [-0.05, 0) is 72.3 Å². The van der Waals surface area contributed by atoms with Crippen LogP contribution in [0.2, 0.25) is 0 Å². The highest BCUT2D eigenvalue weighted by Gasteiger charge is 2.13. The molecule has 0 radical (unpaired) electrons. The Kier molecular flexibility index (Phi) is 3.22. The van der Waals surface area contributed by atoms with Crippen LogP contribution < -0.4 is 0 Å². The predicted octanol–water partition coefficient (Wildman–Crippen LogP) is 7.31. The number of fused-ring (bicyclic) bond motifs is 2. The minimum Gasteiger partial charge on any atom is -0.128 e. The summed E-state index contributed by atoms with van der Waals surface area (Å²) in [6, 6.07) is 17.4. The molecule has 0 N–H and O–H groups in total. The monoisotopic (exact) mass is 422 g/mol. The molecular formula is C16H8Br2S2. The third-order valence-electron chi connectivity index (χ3n) is 3.32. The lowest BCUT2D eigenvalue weighted by atomic mass is 10.0. The van der Waals surface area contributed by atoms with E-state index in [1.54, 1.807) is 22.7 Å². The lowest BCUT2D eigenvalue weighted by Crippen LogP contribution is -1.79. The van der Waals surface area contributed by atoms with Gasteiger partial charge in [0.25, 0.3) is 0 Å². The molecule has 0 atom stereocenters. The van der Waals surface area contributed by atoms with E-state index in [0.29, 0.717) is 0 Å². The smallest absolute Gasteiger partial charge is 0.0711 e. The predicted molar refractivity (Wildman–Crippen MR) is 98.0 cm³/mol. The molecule has 0 fully saturated rings. The summed E-state index contributed by atoms with van der Waals surface area (Å²) in [7, 11) is 0. The molecule has 0 bridgehead atoms. The largest absolute Gasteiger partial charge is 0.128 e. The van der Waals surface area contributed by atoms with E-state index in [4.69, 9.17) is 0 Å². The summed E-state index contributed by atoms with van der Waals surface area (Å²) in [5.74, 6) is 0. The molecule has 4 rings (SSSR count). The molecule has 0 aliphatic carbocycles. The van der Waals surface area contributed by atoms with Gasteiger partial charge >= 0.3 is 0 Å². The van der Waals surface area contributed by atoms with Crippen molar-refractivity contribution in [2.75, 3.05) is 0 Å². The zero-order chi connectivity index (χ0) is 13.7. The van der Waals surface area contributed by atoms with Crippen LogP contribution in [-0.2, 0) is 0 Å². The first-order chi connectivity index (χ1) is 9.72. The van der Waals surface area contributed by atoms with Crippen LogP contribution in [0.4, 0.5) is 0 Å². The molecule has 4 aromatic rings. The fraction of sp³-hybridized carbons (Fsp3) is 0. The quantitative estimate of drug-likeness (QED) is 0.301. The molecular weight excluding hydrogens is 416 g/mol. The number of hydrogen-bond acceptors (Lipinski definition) is 2. The molecule has 0 nitrogen and oxygen atoms in total. The molecule has 0 saturated carbocycles. The van der Waals surface area contributed by atoms with Crippen LogP contribution in [0.15, 0.2) is 56.1 Å². The Morgan fingerprint density at radius 2 is 1.60 bits per heavy atom. The van der Waals surface area contributed by atoms with Crippen LogP contribution in [0.25, 0.3) is 31.3 Å². The fourth-order valence-corrected chi connectivity index (χ4v) is 5.70. The van der Waals surface area contributed by atoms with Gasteiger partial charge in [0.2, 0.25) is 0 Å². The van der Waals surface area contributed by atoms with Crippen LogP contribution in [-0.4, -0.2) is 0 Å². The third-order valence-corrected chi connectivity index (χ3v) is 6.63. The molecule has 98 valence electrons. The molecule has 0 unspecified atom stereocenters. The van der Waals surface area contributed by atoms with Crippen molar-refractivity contribution in [3.8, 4) is 10.4 Å². The van der Waals surface area contributed by atoms with E-state index in [1.165, 1.54) is 38.9 Å². The average Bonchev–Trinajstić information content (AvgIpc) is 3.00. The lowest BCUT2D eigenvalue weighted by molar-refractivity contribution is 1.80. The number of thiophene rings is 2. The maximum atomic E-state index is 3.62. The van der Waals surface area contributed by atoms with Gasteiger partial charge < -0.3 is 0 Å². The second-order valence-electron chi connectivity index (χ2n) is 4.55. The van der Waals surface area contributed by atoms with Crippen molar-refractivity contribution in [3.63, 3.8) is 0 Å². The summed E-state index contributed by atoms with van der Waals surface area (Å²) in [6.07, 6.45) is 0. The second-order valence-corrected chi connectivity index (χ2v) is 9.44. The van der Waals surface area contributed by atoms with E-state index in [2.05, 4.69) is 80.4 Å². The van der Waals surface area contributed by atoms with Gasteiger partial charge in [-0.1, -0.05) is 24.3 Å². The zero-order valence-electron chi connectivity index (χ0n) is 10.2. The van der Waals surface area contributed by atoms with E-state index in [-0.39, 0.29) is 0 Å². The first kappa shape index (κ1) is 13.0. The number of benzene rings is 2. The maximum absolute atomic E-state index is 3.62. The van der Waals surface area contributed by atoms with Gasteiger partial charge in [-0.3, -0.25) is 0 Å². The minimum absolute atomic E-state index is 1.17. The van der Waals surface area contributed by atoms with Crippen molar-refractivity contribution in [2.45, 2.75) is 0 Å². The standard InChI is InChI=1S/C16H8Br2S2/c17-13-6-5-12(19-13)15-11-4-2-1-3-9(11)7-10-8-14(18)20-16(10)15/h1-8H. The lowest BCUT2D eigenvalue weighted by Gasteiger charge is -2.06. The minimum atomic E-state index is 1.17. The Hall–Kier alpha value is -0.680. The highest BCUT2D eigenvalue weighted by atomic mass is 79.9. The second kappa shape index (κ2) is 4.95. The summed E-state index contributed by atoms with van der Waals surface area (Å²) < 4.78 is 3.70. The number of halogens is 2. The van der Waals surface area contributed by atoms with Crippen molar-refractivity contribution in [1.82, 2.24) is 0 Å². The fourth-order valence-electron chi connectivity index (χ4n) is 2.51. The van der Waals surface area contributed by atoms with E-state index in [9.17, 15) is 0 Å². The average molecular weight is 424 g/mol. The van der Waals surface area contributed by atoms with Crippen molar-refractivity contribution in [2.24, 2.45) is 0 Å². The van der Waals surface area contributed by atoms with Gasteiger partial charge in [-0.2, -0.15) is 0 Å². The summed E-state index contributed by atoms with van der Waals surface area (Å²) in [4.78, 5) is 1.31. The highest BCUT2D eigenvalue weighted by molar-refractivity contribution is 9.11. The molecule has 0 aliphatic rings. The summed E-state index contributed by atoms with van der Waals surface area (Å²) in [6.45, 7) is 0. The number of hydrogen-bond donors (Lipinski definition) is 0. The Bertz CT molecular complexity index is 934. The first-order valence-corrected chi connectivity index (χ1v) is 9.31. The van der Waals surface area contributed by atoms with Gasteiger partial charge in [-0.25, -0.2) is 0 Å². The van der Waals surface area contributed by atoms with Crippen molar-refractivity contribution in [1.29, 1.82) is 0 Å². The summed E-state index contributed by atoms with van der Waals surface area (Å²) >= 11 is 10.8. The topological polar surface area (TPSA) is 0 Å². The SMILES string of the molecule is Brc1ccc(-c2c3ccccc3cc3cc(Br)sc23)s1. The van der Waals surface area contributed by atoms with Gasteiger partial charge in [0.05, 0.1) is 7.57 Å². The molecule has 0 saturated heterocycles. The molecule has 20 heavy (non-hydrogen) atoms. The molecule has 0 aliphatic heterocycles. The normalized spacial score (nSPS) is 11.5. The van der Waals surface area contributed by atoms with Gasteiger partial charge in [0, 0.05) is 15.1 Å². The van der Waals surface area contributed by atoms with Crippen LogP contribution in [0.3, 0.4) is 0 Å². The van der Waals surface area contributed by atoms with Gasteiger partial charge in [0.1, 0.15) is 0 Å². The van der Waals surface area contributed by atoms with Gasteiger partial charge in [0.15, 0.2) is 0 Å². The van der Waals surface area contributed by atoms with E-state index in [0.717, 1.165) is 0 Å². The van der Waals surface area contributed by atoms with E-state index >= 15 is 0 Å². The van der Waals surface area contributed by atoms with Crippen LogP contribution in [0.1, 0.15) is 0 Å². The van der Waals surface area contributed by atoms with Gasteiger partial charge in [-0.15, -0.1) is 22.7 Å².